The lowest BCUT2D eigenvalue weighted by atomic mass is 9.84. The Kier molecular flexibility index (Phi) is 10.6. The van der Waals surface area contributed by atoms with E-state index in [2.05, 4.69) is 4.90 Å². The maximum Gasteiger partial charge on any atom is 0.490 e. The van der Waals surface area contributed by atoms with Crippen LogP contribution in [0.3, 0.4) is 0 Å². The third-order valence-electron chi connectivity index (χ3n) is 7.54. The Morgan fingerprint density at radius 2 is 1.52 bits per heavy atom. The highest BCUT2D eigenvalue weighted by atomic mass is 19.4. The first kappa shape index (κ1) is 32.9. The van der Waals surface area contributed by atoms with Crippen molar-refractivity contribution in [2.24, 2.45) is 5.73 Å². The third-order valence-corrected chi connectivity index (χ3v) is 7.54. The van der Waals surface area contributed by atoms with Gasteiger partial charge in [-0.05, 0) is 67.0 Å². The lowest BCUT2D eigenvalue weighted by Crippen LogP contribution is -2.47. The van der Waals surface area contributed by atoms with Crippen LogP contribution in [0.4, 0.5) is 26.3 Å². The van der Waals surface area contributed by atoms with Crippen LogP contribution in [0.5, 0.6) is 0 Å². The molecule has 8 nitrogen and oxygen atoms in total. The number of amides is 2. The van der Waals surface area contributed by atoms with Crippen LogP contribution in [0.2, 0.25) is 0 Å². The smallest absolute Gasteiger partial charge is 0.475 e. The molecule has 2 bridgehead atoms. The van der Waals surface area contributed by atoms with Gasteiger partial charge < -0.3 is 20.8 Å². The van der Waals surface area contributed by atoms with Gasteiger partial charge in [0.1, 0.15) is 6.61 Å². The molecule has 2 aliphatic heterocycles. The van der Waals surface area contributed by atoms with Crippen molar-refractivity contribution in [3.05, 3.63) is 70.8 Å². The molecular weight excluding hydrogens is 572 g/mol. The Balaban J connectivity index is 0.000000616. The second-order valence-corrected chi connectivity index (χ2v) is 10.3. The predicted molar refractivity (Wildman–Crippen MR) is 138 cm³/mol. The summed E-state index contributed by atoms with van der Waals surface area (Å²) in [6, 6.07) is 13.0. The first-order valence-electron chi connectivity index (χ1n) is 13.1. The number of piperidine rings is 1. The number of halogens is 6. The first-order chi connectivity index (χ1) is 19.6. The van der Waals surface area contributed by atoms with Gasteiger partial charge in [-0.25, -0.2) is 4.79 Å². The minimum atomic E-state index is -5.08. The molecule has 1 unspecified atom stereocenters. The third kappa shape index (κ3) is 8.68. The van der Waals surface area contributed by atoms with E-state index in [1.165, 1.54) is 17.0 Å². The summed E-state index contributed by atoms with van der Waals surface area (Å²) in [5.74, 6) is -3.30. The van der Waals surface area contributed by atoms with Gasteiger partial charge in [0.2, 0.25) is 11.8 Å². The van der Waals surface area contributed by atoms with Crippen molar-refractivity contribution in [1.82, 2.24) is 9.80 Å². The molecule has 2 aromatic rings. The SMILES string of the molecule is NC(=O)c1cccc(C2C[C@H]3CC[C@@H](C2)N3CCN(Cc2ccc(C(F)(F)F)cc2)C(=O)CO)c1.O=C(O)C(F)(F)F. The summed E-state index contributed by atoms with van der Waals surface area (Å²) in [6.45, 7) is 0.514. The van der Waals surface area contributed by atoms with Crippen LogP contribution in [0.15, 0.2) is 48.5 Å². The Hall–Kier alpha value is -3.65. The number of carboxylic acids is 1. The minimum Gasteiger partial charge on any atom is -0.475 e. The molecule has 14 heteroatoms. The summed E-state index contributed by atoms with van der Waals surface area (Å²) in [5.41, 5.74) is 6.92. The van der Waals surface area contributed by atoms with Gasteiger partial charge in [0, 0.05) is 37.3 Å². The van der Waals surface area contributed by atoms with Crippen LogP contribution in [0.25, 0.3) is 0 Å². The topological polar surface area (TPSA) is 124 Å². The number of hydrogen-bond donors (Lipinski definition) is 3. The Morgan fingerprint density at radius 1 is 0.952 bits per heavy atom. The van der Waals surface area contributed by atoms with Crippen molar-refractivity contribution in [3.8, 4) is 0 Å². The van der Waals surface area contributed by atoms with Crippen molar-refractivity contribution in [3.63, 3.8) is 0 Å². The van der Waals surface area contributed by atoms with E-state index in [1.54, 1.807) is 6.07 Å². The van der Waals surface area contributed by atoms with Gasteiger partial charge in [-0.1, -0.05) is 24.3 Å². The van der Waals surface area contributed by atoms with Gasteiger partial charge in [-0.2, -0.15) is 26.3 Å². The predicted octanol–water partition coefficient (Wildman–Crippen LogP) is 4.17. The molecule has 0 radical (unpaired) electrons. The second-order valence-electron chi connectivity index (χ2n) is 10.3. The molecule has 0 spiro atoms. The van der Waals surface area contributed by atoms with Gasteiger partial charge in [0.25, 0.3) is 0 Å². The first-order valence-corrected chi connectivity index (χ1v) is 13.1. The normalized spacial score (nSPS) is 20.4. The number of carbonyl (C=O) groups is 3. The van der Waals surface area contributed by atoms with Crippen LogP contribution >= 0.6 is 0 Å². The summed E-state index contributed by atoms with van der Waals surface area (Å²) in [5, 5.41) is 16.5. The minimum absolute atomic E-state index is 0.142. The number of benzene rings is 2. The Morgan fingerprint density at radius 3 is 2.00 bits per heavy atom. The van der Waals surface area contributed by atoms with Crippen LogP contribution in [0.1, 0.15) is 58.6 Å². The number of aliphatic carboxylic acids is 1. The van der Waals surface area contributed by atoms with Gasteiger partial charge in [-0.15, -0.1) is 0 Å². The summed E-state index contributed by atoms with van der Waals surface area (Å²) < 4.78 is 70.3. The average Bonchev–Trinajstić information content (AvgIpc) is 3.16. The number of rotatable bonds is 8. The number of nitrogens with two attached hydrogens (primary N) is 1. The maximum absolute atomic E-state index is 12.8. The summed E-state index contributed by atoms with van der Waals surface area (Å²) in [6.07, 6.45) is -5.48. The molecular formula is C28H31F6N3O5. The fourth-order valence-electron chi connectivity index (χ4n) is 5.50. The molecule has 0 saturated carbocycles. The number of alkyl halides is 6. The molecule has 2 saturated heterocycles. The molecule has 2 heterocycles. The fourth-order valence-corrected chi connectivity index (χ4v) is 5.50. The molecule has 3 atom stereocenters. The van der Waals surface area contributed by atoms with Crippen LogP contribution in [-0.4, -0.2) is 75.8 Å². The monoisotopic (exact) mass is 603 g/mol. The van der Waals surface area contributed by atoms with E-state index in [0.717, 1.165) is 43.4 Å². The van der Waals surface area contributed by atoms with E-state index in [1.807, 2.05) is 18.2 Å². The number of carboxylic acid groups (broad SMARTS) is 1. The van der Waals surface area contributed by atoms with Crippen molar-refractivity contribution >= 4 is 17.8 Å². The number of fused-ring (bicyclic) bond motifs is 2. The summed E-state index contributed by atoms with van der Waals surface area (Å²) >= 11 is 0. The van der Waals surface area contributed by atoms with Gasteiger partial charge in [0.15, 0.2) is 0 Å². The van der Waals surface area contributed by atoms with E-state index in [9.17, 15) is 41.0 Å². The number of hydrogen-bond acceptors (Lipinski definition) is 5. The van der Waals surface area contributed by atoms with E-state index >= 15 is 0 Å². The van der Waals surface area contributed by atoms with Crippen molar-refractivity contribution < 1.29 is 50.9 Å². The van der Waals surface area contributed by atoms with Crippen LogP contribution in [0, 0.1) is 0 Å². The average molecular weight is 604 g/mol. The molecule has 4 rings (SSSR count). The van der Waals surface area contributed by atoms with E-state index < -0.39 is 42.3 Å². The molecule has 0 aromatic heterocycles. The van der Waals surface area contributed by atoms with E-state index in [0.29, 0.717) is 42.2 Å². The zero-order chi connectivity index (χ0) is 31.2. The zero-order valence-corrected chi connectivity index (χ0v) is 22.4. The summed E-state index contributed by atoms with van der Waals surface area (Å²) in [7, 11) is 0. The van der Waals surface area contributed by atoms with E-state index in [4.69, 9.17) is 15.6 Å². The summed E-state index contributed by atoms with van der Waals surface area (Å²) in [4.78, 5) is 36.7. The molecule has 2 aliphatic rings. The molecule has 0 aliphatic carbocycles. The van der Waals surface area contributed by atoms with Gasteiger partial charge in [-0.3, -0.25) is 14.5 Å². The fraction of sp³-hybridized carbons (Fsp3) is 0.464. The van der Waals surface area contributed by atoms with E-state index in [-0.39, 0.29) is 6.54 Å². The maximum atomic E-state index is 12.8. The molecule has 2 aromatic carbocycles. The largest absolute Gasteiger partial charge is 0.490 e. The van der Waals surface area contributed by atoms with Crippen LogP contribution in [-0.2, 0) is 22.3 Å². The number of aliphatic hydroxyl groups is 1. The molecule has 4 N–H and O–H groups in total. The highest BCUT2D eigenvalue weighted by Gasteiger charge is 2.41. The second kappa shape index (κ2) is 13.6. The van der Waals surface area contributed by atoms with Gasteiger partial charge in [0.05, 0.1) is 5.56 Å². The van der Waals surface area contributed by atoms with Crippen LogP contribution < -0.4 is 5.73 Å². The number of aliphatic hydroxyl groups excluding tert-OH is 1. The Bertz CT molecular complexity index is 1240. The lowest BCUT2D eigenvalue weighted by Gasteiger charge is -2.40. The zero-order valence-electron chi connectivity index (χ0n) is 22.4. The van der Waals surface area contributed by atoms with Crippen molar-refractivity contribution in [2.75, 3.05) is 19.7 Å². The molecule has 2 fully saturated rings. The molecule has 42 heavy (non-hydrogen) atoms. The Labute approximate surface area is 237 Å². The van der Waals surface area contributed by atoms with Crippen molar-refractivity contribution in [1.29, 1.82) is 0 Å². The van der Waals surface area contributed by atoms with Crippen molar-refractivity contribution in [2.45, 2.75) is 62.6 Å². The lowest BCUT2D eigenvalue weighted by molar-refractivity contribution is -0.192. The highest BCUT2D eigenvalue weighted by molar-refractivity contribution is 5.92. The molecule has 230 valence electrons. The molecule has 2 amide bonds. The number of carbonyl (C=O) groups excluding carboxylic acids is 2. The quantitative estimate of drug-likeness (QED) is 0.390. The number of nitrogens with zero attached hydrogens (tertiary/aromatic N) is 2. The number of primary amides is 1. The highest BCUT2D eigenvalue weighted by Crippen LogP contribution is 2.43. The van der Waals surface area contributed by atoms with Gasteiger partial charge >= 0.3 is 18.3 Å². The standard InChI is InChI=1S/C26H30F3N3O3.C2HF3O2/c27-26(28,29)21-6-4-17(5-7-21)15-31(24(34)16-33)10-11-32-22-8-9-23(32)14-20(13-22)18-2-1-3-19(12-18)25(30)35;3-2(4,5)1(6)7/h1-7,12,20,22-23,33H,8-11,13-16H2,(H2,30,35);(H,6,7)/t20?,22-,23+;.